The molecule has 0 spiro atoms. The van der Waals surface area contributed by atoms with Crippen molar-refractivity contribution in [2.75, 3.05) is 0 Å². The molecule has 2 aliphatic heterocycles. The van der Waals surface area contributed by atoms with Crippen molar-refractivity contribution in [3.8, 4) is 22.5 Å². The average Bonchev–Trinajstić information content (AvgIpc) is 2.68. The Morgan fingerprint density at radius 3 is 2.33 bits per heavy atom. The van der Waals surface area contributed by atoms with Gasteiger partial charge in [-0.1, -0.05) is 37.6 Å². The van der Waals surface area contributed by atoms with Crippen LogP contribution in [-0.4, -0.2) is 25.7 Å². The predicted molar refractivity (Wildman–Crippen MR) is 99.4 cm³/mol. The van der Waals surface area contributed by atoms with E-state index in [2.05, 4.69) is 4.98 Å². The van der Waals surface area contributed by atoms with Gasteiger partial charge >= 0.3 is 5.69 Å². The number of aromatic nitrogens is 3. The number of fused-ring (bicyclic) bond motifs is 4. The first-order valence-electron chi connectivity index (χ1n) is 8.78. The molecule has 2 heterocycles. The number of benzene rings is 1. The second kappa shape index (κ2) is 6.12. The Bertz CT molecular complexity index is 1200. The number of carbonyl (C=O) groups excluding carboxylic acids is 2. The number of hydrogen-bond donors (Lipinski definition) is 0. The lowest BCUT2D eigenvalue weighted by atomic mass is 9.85. The van der Waals surface area contributed by atoms with Crippen molar-refractivity contribution < 1.29 is 9.59 Å². The van der Waals surface area contributed by atoms with Gasteiger partial charge in [-0.2, -0.15) is 4.98 Å². The van der Waals surface area contributed by atoms with Crippen molar-refractivity contribution in [2.24, 2.45) is 7.05 Å². The Kier molecular flexibility index (Phi) is 3.87. The Hall–Kier alpha value is -3.35. The molecule has 0 fully saturated rings. The fourth-order valence-corrected chi connectivity index (χ4v) is 3.52. The zero-order chi connectivity index (χ0) is 19.3. The number of carbonyl (C=O) groups is 2. The first-order valence-corrected chi connectivity index (χ1v) is 8.78. The summed E-state index contributed by atoms with van der Waals surface area (Å²) in [5, 5.41) is 0. The highest BCUT2D eigenvalue weighted by Gasteiger charge is 2.35. The van der Waals surface area contributed by atoms with Gasteiger partial charge < -0.3 is 4.57 Å². The van der Waals surface area contributed by atoms with E-state index in [9.17, 15) is 19.2 Å². The highest BCUT2D eigenvalue weighted by Crippen LogP contribution is 2.36. The molecular formula is C20H17N3O4. The maximum absolute atomic E-state index is 12.9. The van der Waals surface area contributed by atoms with Crippen LogP contribution in [0.5, 0.6) is 0 Å². The molecular weight excluding hydrogens is 346 g/mol. The number of ketones is 2. The maximum Gasteiger partial charge on any atom is 0.352 e. The van der Waals surface area contributed by atoms with Gasteiger partial charge in [0, 0.05) is 24.7 Å². The second-order valence-electron chi connectivity index (χ2n) is 6.61. The molecule has 0 saturated heterocycles. The third-order valence-corrected chi connectivity index (χ3v) is 4.95. The quantitative estimate of drug-likeness (QED) is 0.663. The number of nitrogens with zero attached hydrogens (tertiary/aromatic N) is 3. The summed E-state index contributed by atoms with van der Waals surface area (Å²) in [5.74, 6) is -1.08. The molecule has 7 heteroatoms. The highest BCUT2D eigenvalue weighted by atomic mass is 16.2. The molecule has 27 heavy (non-hydrogen) atoms. The van der Waals surface area contributed by atoms with E-state index in [1.807, 2.05) is 6.92 Å². The Labute approximate surface area is 154 Å². The summed E-state index contributed by atoms with van der Waals surface area (Å²) in [7, 11) is 1.37. The van der Waals surface area contributed by atoms with Gasteiger partial charge in [-0.25, -0.2) is 4.79 Å². The van der Waals surface area contributed by atoms with Crippen LogP contribution in [0, 0.1) is 0 Å². The Morgan fingerprint density at radius 2 is 1.63 bits per heavy atom. The van der Waals surface area contributed by atoms with E-state index in [1.165, 1.54) is 7.05 Å². The fraction of sp³-hybridized carbons (Fsp3) is 0.250. The minimum atomic E-state index is -0.687. The lowest BCUT2D eigenvalue weighted by Gasteiger charge is -2.25. The van der Waals surface area contributed by atoms with E-state index in [0.717, 1.165) is 11.0 Å². The molecule has 0 amide bonds. The summed E-state index contributed by atoms with van der Waals surface area (Å²) in [4.78, 5) is 54.3. The normalized spacial score (nSPS) is 13.0. The van der Waals surface area contributed by atoms with E-state index >= 15 is 0 Å². The number of hydrogen-bond acceptors (Lipinski definition) is 5. The van der Waals surface area contributed by atoms with E-state index in [4.69, 9.17) is 0 Å². The molecule has 1 aliphatic carbocycles. The van der Waals surface area contributed by atoms with Gasteiger partial charge in [0.25, 0.3) is 11.3 Å². The summed E-state index contributed by atoms with van der Waals surface area (Å²) < 4.78 is 2.51. The minimum absolute atomic E-state index is 0.149. The molecule has 1 aromatic rings. The van der Waals surface area contributed by atoms with Crippen molar-refractivity contribution in [1.29, 1.82) is 0 Å². The van der Waals surface area contributed by atoms with Gasteiger partial charge in [0.1, 0.15) is 5.69 Å². The topological polar surface area (TPSA) is 91.0 Å². The monoisotopic (exact) mass is 363 g/mol. The molecule has 1 aromatic carbocycles. The molecule has 0 bridgehead atoms. The largest absolute Gasteiger partial charge is 0.352 e. The minimum Gasteiger partial charge on any atom is -0.322 e. The van der Waals surface area contributed by atoms with Crippen LogP contribution in [0.4, 0.5) is 0 Å². The van der Waals surface area contributed by atoms with Crippen LogP contribution in [0.15, 0.2) is 39.9 Å². The fourth-order valence-electron chi connectivity index (χ4n) is 3.52. The van der Waals surface area contributed by atoms with Crippen LogP contribution in [0.2, 0.25) is 0 Å². The number of unbranched alkanes of at least 4 members (excludes halogenated alkanes) is 1. The first kappa shape index (κ1) is 17.1. The predicted octanol–water partition coefficient (Wildman–Crippen LogP) is 1.89. The summed E-state index contributed by atoms with van der Waals surface area (Å²) >= 11 is 0. The van der Waals surface area contributed by atoms with Gasteiger partial charge in [-0.05, 0) is 18.1 Å². The zero-order valence-corrected chi connectivity index (χ0v) is 15.0. The van der Waals surface area contributed by atoms with Crippen molar-refractivity contribution in [2.45, 2.75) is 26.3 Å². The van der Waals surface area contributed by atoms with Crippen molar-refractivity contribution in [3.63, 3.8) is 0 Å². The van der Waals surface area contributed by atoms with Gasteiger partial charge in [-0.15, -0.1) is 0 Å². The van der Waals surface area contributed by atoms with Gasteiger partial charge in [-0.3, -0.25) is 19.0 Å². The molecule has 7 nitrogen and oxygen atoms in total. The van der Waals surface area contributed by atoms with E-state index < -0.39 is 22.8 Å². The molecule has 0 atom stereocenters. The second-order valence-corrected chi connectivity index (χ2v) is 6.61. The summed E-state index contributed by atoms with van der Waals surface area (Å²) in [6.45, 7) is 2.38. The van der Waals surface area contributed by atoms with Crippen molar-refractivity contribution in [1.82, 2.24) is 14.1 Å². The molecule has 0 N–H and O–H groups in total. The Balaban J connectivity index is 2.20. The lowest BCUT2D eigenvalue weighted by molar-refractivity contribution is 0.0809. The number of Topliss-reactive ketones (excluding diaryl/α,β-unsaturated/α-hetero) is 2. The standard InChI is InChI=1S/C20H17N3O4/c1-3-4-9-23-15-13(10-14-18(23)21-20(27)22(2)19(14)26)11-7-5-6-8-12(11)16(24)17(15)25/h5-8,10H,3-4,9H2,1-2H3. The number of rotatable bonds is 3. The van der Waals surface area contributed by atoms with Crippen LogP contribution in [-0.2, 0) is 13.6 Å². The molecule has 0 saturated carbocycles. The van der Waals surface area contributed by atoms with E-state index in [-0.39, 0.29) is 17.1 Å². The molecule has 136 valence electrons. The van der Waals surface area contributed by atoms with Crippen LogP contribution < -0.4 is 11.2 Å². The van der Waals surface area contributed by atoms with Gasteiger partial charge in [0.05, 0.1) is 5.56 Å². The molecule has 3 aliphatic rings. The highest BCUT2D eigenvalue weighted by molar-refractivity contribution is 6.52. The van der Waals surface area contributed by atoms with Crippen LogP contribution in [0.3, 0.4) is 0 Å². The van der Waals surface area contributed by atoms with E-state index in [0.29, 0.717) is 29.7 Å². The maximum atomic E-state index is 12.9. The SMILES string of the molecule is CCCCn1c2nc(=O)n(C)c(=O)c-2cc2c1C(=O)C(=O)c1ccccc1-2. The van der Waals surface area contributed by atoms with Crippen LogP contribution in [0.1, 0.15) is 40.6 Å². The third kappa shape index (κ3) is 2.38. The molecule has 0 radical (unpaired) electrons. The smallest absolute Gasteiger partial charge is 0.322 e. The summed E-state index contributed by atoms with van der Waals surface area (Å²) in [6.07, 6.45) is 1.55. The van der Waals surface area contributed by atoms with Gasteiger partial charge in [0.2, 0.25) is 5.78 Å². The Morgan fingerprint density at radius 1 is 0.926 bits per heavy atom. The lowest BCUT2D eigenvalue weighted by Crippen LogP contribution is -2.37. The van der Waals surface area contributed by atoms with Crippen LogP contribution in [0.25, 0.3) is 22.5 Å². The van der Waals surface area contributed by atoms with Crippen molar-refractivity contribution in [3.05, 3.63) is 62.4 Å². The third-order valence-electron chi connectivity index (χ3n) is 4.95. The summed E-state index contributed by atoms with van der Waals surface area (Å²) in [6, 6.07) is 8.42. The van der Waals surface area contributed by atoms with Crippen LogP contribution >= 0.6 is 0 Å². The molecule has 0 aromatic heterocycles. The molecule has 4 rings (SSSR count). The first-order chi connectivity index (χ1) is 13.0. The van der Waals surface area contributed by atoms with E-state index in [1.54, 1.807) is 34.9 Å². The zero-order valence-electron chi connectivity index (χ0n) is 15.0. The average molecular weight is 363 g/mol. The van der Waals surface area contributed by atoms with Gasteiger partial charge in [0.15, 0.2) is 5.82 Å². The summed E-state index contributed by atoms with van der Waals surface area (Å²) in [5.41, 5.74) is 0.742. The number of pyridine rings is 1. The molecule has 0 unspecified atom stereocenters. The van der Waals surface area contributed by atoms with Crippen molar-refractivity contribution >= 4 is 11.6 Å².